The molecule has 0 bridgehead atoms. The zero-order valence-electron chi connectivity index (χ0n) is 17.6. The molecule has 0 radical (unpaired) electrons. The average molecular weight is 436 g/mol. The first-order chi connectivity index (χ1) is 15.1. The summed E-state index contributed by atoms with van der Waals surface area (Å²) in [5.74, 6) is 0.805. The Morgan fingerprint density at radius 3 is 2.94 bits per heavy atom. The summed E-state index contributed by atoms with van der Waals surface area (Å²) in [6.07, 6.45) is 7.79. The molecule has 160 valence electrons. The van der Waals surface area contributed by atoms with Crippen LogP contribution in [0.4, 0.5) is 0 Å². The summed E-state index contributed by atoms with van der Waals surface area (Å²) in [4.78, 5) is 30.5. The number of rotatable bonds is 7. The molecular formula is C24H26ClN5O. The van der Waals surface area contributed by atoms with E-state index in [-0.39, 0.29) is 11.9 Å². The van der Waals surface area contributed by atoms with Crippen LogP contribution in [0.1, 0.15) is 36.6 Å². The number of benzene rings is 1. The fourth-order valence-corrected chi connectivity index (χ4v) is 4.20. The topological polar surface area (TPSA) is 62.2 Å². The molecule has 1 aliphatic heterocycles. The second-order valence-electron chi connectivity index (χ2n) is 7.91. The smallest absolute Gasteiger partial charge is 0.224 e. The van der Waals surface area contributed by atoms with Gasteiger partial charge in [0.15, 0.2) is 5.82 Å². The molecule has 0 N–H and O–H groups in total. The Hall–Kier alpha value is -2.83. The summed E-state index contributed by atoms with van der Waals surface area (Å²) in [5, 5.41) is 0.652. The first-order valence-corrected chi connectivity index (χ1v) is 10.9. The lowest BCUT2D eigenvalue weighted by atomic mass is 10.1. The SMILES string of the molecule is CN(CCC(=O)N1CCC[C@H]1c1ccnc(-c2cccc(Cl)c2)n1)Cc1cccnc1. The maximum Gasteiger partial charge on any atom is 0.224 e. The van der Waals surface area contributed by atoms with Gasteiger partial charge in [0.25, 0.3) is 0 Å². The summed E-state index contributed by atoms with van der Waals surface area (Å²) >= 11 is 6.12. The number of aromatic nitrogens is 3. The fraction of sp³-hybridized carbons (Fsp3) is 0.333. The maximum absolute atomic E-state index is 13.0. The predicted octanol–water partition coefficient (Wildman–Crippen LogP) is 4.38. The van der Waals surface area contributed by atoms with Crippen molar-refractivity contribution in [3.05, 3.63) is 77.3 Å². The van der Waals surface area contributed by atoms with E-state index in [0.717, 1.165) is 42.8 Å². The molecular weight excluding hydrogens is 410 g/mol. The van der Waals surface area contributed by atoms with Crippen LogP contribution in [0.3, 0.4) is 0 Å². The van der Waals surface area contributed by atoms with Gasteiger partial charge < -0.3 is 9.80 Å². The van der Waals surface area contributed by atoms with Crippen LogP contribution in [0.15, 0.2) is 61.1 Å². The van der Waals surface area contributed by atoms with Crippen molar-refractivity contribution in [1.82, 2.24) is 24.8 Å². The van der Waals surface area contributed by atoms with E-state index in [1.165, 1.54) is 0 Å². The minimum atomic E-state index is -0.00272. The first-order valence-electron chi connectivity index (χ1n) is 10.6. The normalized spacial score (nSPS) is 16.1. The third-order valence-electron chi connectivity index (χ3n) is 5.56. The summed E-state index contributed by atoms with van der Waals surface area (Å²) in [7, 11) is 2.03. The molecule has 6 nitrogen and oxygen atoms in total. The van der Waals surface area contributed by atoms with Gasteiger partial charge in [0.1, 0.15) is 0 Å². The Morgan fingerprint density at radius 1 is 1.23 bits per heavy atom. The fourth-order valence-electron chi connectivity index (χ4n) is 4.01. The van der Waals surface area contributed by atoms with E-state index in [0.29, 0.717) is 23.8 Å². The van der Waals surface area contributed by atoms with Crippen LogP contribution in [0.2, 0.25) is 5.02 Å². The van der Waals surface area contributed by atoms with Crippen molar-refractivity contribution in [2.75, 3.05) is 20.1 Å². The maximum atomic E-state index is 13.0. The number of carbonyl (C=O) groups excluding carboxylic acids is 1. The van der Waals surface area contributed by atoms with Crippen LogP contribution in [0.5, 0.6) is 0 Å². The molecule has 0 spiro atoms. The number of carbonyl (C=O) groups is 1. The number of halogens is 1. The molecule has 4 rings (SSSR count). The van der Waals surface area contributed by atoms with Gasteiger partial charge in [0.2, 0.25) is 5.91 Å². The lowest BCUT2D eigenvalue weighted by molar-refractivity contribution is -0.132. The van der Waals surface area contributed by atoms with Gasteiger partial charge in [-0.2, -0.15) is 0 Å². The van der Waals surface area contributed by atoms with E-state index in [9.17, 15) is 4.79 Å². The molecule has 1 aliphatic rings. The van der Waals surface area contributed by atoms with Gasteiger partial charge in [-0.05, 0) is 49.7 Å². The van der Waals surface area contributed by atoms with Gasteiger partial charge in [-0.1, -0.05) is 29.8 Å². The zero-order valence-corrected chi connectivity index (χ0v) is 18.4. The average Bonchev–Trinajstić information content (AvgIpc) is 3.28. The van der Waals surface area contributed by atoms with Gasteiger partial charge in [-0.25, -0.2) is 9.97 Å². The van der Waals surface area contributed by atoms with Gasteiger partial charge in [-0.15, -0.1) is 0 Å². The quantitative estimate of drug-likeness (QED) is 0.551. The van der Waals surface area contributed by atoms with Gasteiger partial charge in [0, 0.05) is 55.2 Å². The number of pyridine rings is 1. The highest BCUT2D eigenvalue weighted by atomic mass is 35.5. The Labute approximate surface area is 187 Å². The number of hydrogen-bond acceptors (Lipinski definition) is 5. The molecule has 3 aromatic rings. The highest BCUT2D eigenvalue weighted by molar-refractivity contribution is 6.30. The van der Waals surface area contributed by atoms with Crippen molar-refractivity contribution in [2.24, 2.45) is 0 Å². The van der Waals surface area contributed by atoms with Gasteiger partial charge >= 0.3 is 0 Å². The minimum absolute atomic E-state index is 0.00272. The second kappa shape index (κ2) is 9.98. The summed E-state index contributed by atoms with van der Waals surface area (Å²) in [6.45, 7) is 2.25. The van der Waals surface area contributed by atoms with E-state index in [1.54, 1.807) is 12.4 Å². The molecule has 1 aromatic carbocycles. The summed E-state index contributed by atoms with van der Waals surface area (Å²) < 4.78 is 0. The lowest BCUT2D eigenvalue weighted by Gasteiger charge is -2.26. The second-order valence-corrected chi connectivity index (χ2v) is 8.35. The molecule has 1 atom stereocenters. The molecule has 1 saturated heterocycles. The van der Waals surface area contributed by atoms with E-state index >= 15 is 0 Å². The Morgan fingerprint density at radius 2 is 2.13 bits per heavy atom. The largest absolute Gasteiger partial charge is 0.334 e. The number of nitrogens with zero attached hydrogens (tertiary/aromatic N) is 5. The van der Waals surface area contributed by atoms with Crippen LogP contribution in [0, 0.1) is 0 Å². The number of amides is 1. The third kappa shape index (κ3) is 5.46. The van der Waals surface area contributed by atoms with Crippen molar-refractivity contribution < 1.29 is 4.79 Å². The van der Waals surface area contributed by atoms with Crippen molar-refractivity contribution in [1.29, 1.82) is 0 Å². The molecule has 2 aromatic heterocycles. The molecule has 0 unspecified atom stereocenters. The first kappa shape index (κ1) is 21.4. The minimum Gasteiger partial charge on any atom is -0.334 e. The van der Waals surface area contributed by atoms with E-state index in [1.807, 2.05) is 54.5 Å². The Bertz CT molecular complexity index is 1030. The predicted molar refractivity (Wildman–Crippen MR) is 121 cm³/mol. The van der Waals surface area contributed by atoms with Crippen molar-refractivity contribution in [3.63, 3.8) is 0 Å². The summed E-state index contributed by atoms with van der Waals surface area (Å²) in [5.41, 5.74) is 2.91. The Kier molecular flexibility index (Phi) is 6.89. The van der Waals surface area contributed by atoms with E-state index < -0.39 is 0 Å². The van der Waals surface area contributed by atoms with Crippen LogP contribution >= 0.6 is 11.6 Å². The highest BCUT2D eigenvalue weighted by Crippen LogP contribution is 2.32. The van der Waals surface area contributed by atoms with E-state index in [2.05, 4.69) is 20.9 Å². The summed E-state index contributed by atoms with van der Waals surface area (Å²) in [6, 6.07) is 13.4. The number of likely N-dealkylation sites (tertiary alicyclic amines) is 1. The zero-order chi connectivity index (χ0) is 21.6. The standard InChI is InChI=1S/C24H26ClN5O/c1-29(17-18-5-3-11-26-16-18)14-10-23(31)30-13-4-8-22(30)21-9-12-27-24(28-21)19-6-2-7-20(25)15-19/h2-3,5-7,9,11-12,15-16,22H,4,8,10,13-14,17H2,1H3/t22-/m0/s1. The van der Waals surface area contributed by atoms with E-state index in [4.69, 9.17) is 16.6 Å². The van der Waals surface area contributed by atoms with Crippen molar-refractivity contribution in [3.8, 4) is 11.4 Å². The van der Waals surface area contributed by atoms with Crippen LogP contribution < -0.4 is 0 Å². The molecule has 1 amide bonds. The molecule has 0 aliphatic carbocycles. The highest BCUT2D eigenvalue weighted by Gasteiger charge is 2.31. The molecule has 0 saturated carbocycles. The van der Waals surface area contributed by atoms with Crippen molar-refractivity contribution >= 4 is 17.5 Å². The van der Waals surface area contributed by atoms with Gasteiger partial charge in [0.05, 0.1) is 11.7 Å². The van der Waals surface area contributed by atoms with Gasteiger partial charge in [-0.3, -0.25) is 9.78 Å². The number of hydrogen-bond donors (Lipinski definition) is 0. The third-order valence-corrected chi connectivity index (χ3v) is 5.79. The molecule has 31 heavy (non-hydrogen) atoms. The molecule has 7 heteroatoms. The Balaban J connectivity index is 1.40. The molecule has 3 heterocycles. The van der Waals surface area contributed by atoms with Crippen LogP contribution in [-0.2, 0) is 11.3 Å². The monoisotopic (exact) mass is 435 g/mol. The van der Waals surface area contributed by atoms with Crippen molar-refractivity contribution in [2.45, 2.75) is 31.8 Å². The molecule has 1 fully saturated rings. The van der Waals surface area contributed by atoms with Crippen LogP contribution in [0.25, 0.3) is 11.4 Å². The lowest BCUT2D eigenvalue weighted by Crippen LogP contribution is -2.33. The van der Waals surface area contributed by atoms with Crippen LogP contribution in [-0.4, -0.2) is 50.8 Å².